The van der Waals surface area contributed by atoms with E-state index < -0.39 is 5.41 Å². The van der Waals surface area contributed by atoms with Crippen LogP contribution in [0.2, 0.25) is 0 Å². The van der Waals surface area contributed by atoms with Crippen LogP contribution in [0.3, 0.4) is 0 Å². The molecule has 0 radical (unpaired) electrons. The van der Waals surface area contributed by atoms with Crippen molar-refractivity contribution in [3.8, 4) is 0 Å². The van der Waals surface area contributed by atoms with Crippen molar-refractivity contribution >= 4 is 23.2 Å². The molecule has 2 amide bonds. The third-order valence-electron chi connectivity index (χ3n) is 3.93. The van der Waals surface area contributed by atoms with E-state index in [9.17, 15) is 9.59 Å². The number of amides is 2. The van der Waals surface area contributed by atoms with Gasteiger partial charge in [-0.3, -0.25) is 9.59 Å². The maximum Gasteiger partial charge on any atom is 0.264 e. The third-order valence-corrected chi connectivity index (χ3v) is 4.93. The molecule has 2 heterocycles. The van der Waals surface area contributed by atoms with Gasteiger partial charge in [-0.05, 0) is 50.6 Å². The first-order valence-corrected chi connectivity index (χ1v) is 7.97. The molecule has 0 saturated carbocycles. The quantitative estimate of drug-likeness (QED) is 0.931. The molecule has 0 bridgehead atoms. The van der Waals surface area contributed by atoms with E-state index in [1.807, 2.05) is 37.1 Å². The lowest BCUT2D eigenvalue weighted by atomic mass is 9.81. The maximum atomic E-state index is 12.6. The summed E-state index contributed by atoms with van der Waals surface area (Å²) in [6.07, 6.45) is 1.72. The number of aryl methyl sites for hydroxylation is 1. The predicted octanol–water partition coefficient (Wildman–Crippen LogP) is 2.43. The van der Waals surface area contributed by atoms with Crippen LogP contribution in [0.15, 0.2) is 11.4 Å². The second-order valence-electron chi connectivity index (χ2n) is 5.68. The topological polar surface area (TPSA) is 49.4 Å². The van der Waals surface area contributed by atoms with Gasteiger partial charge in [-0.15, -0.1) is 11.3 Å². The molecule has 0 aromatic carbocycles. The number of carbonyl (C=O) groups is 2. The van der Waals surface area contributed by atoms with Crippen molar-refractivity contribution in [3.63, 3.8) is 0 Å². The van der Waals surface area contributed by atoms with Gasteiger partial charge in [-0.2, -0.15) is 0 Å². The van der Waals surface area contributed by atoms with Crippen molar-refractivity contribution in [2.75, 3.05) is 19.6 Å². The molecule has 2 rings (SSSR count). The van der Waals surface area contributed by atoms with Gasteiger partial charge in [0, 0.05) is 19.6 Å². The minimum absolute atomic E-state index is 0.0559. The number of carbonyl (C=O) groups excluding carboxylic acids is 2. The molecule has 20 heavy (non-hydrogen) atoms. The molecule has 4 nitrogen and oxygen atoms in total. The van der Waals surface area contributed by atoms with E-state index >= 15 is 0 Å². The van der Waals surface area contributed by atoms with E-state index in [1.165, 1.54) is 11.3 Å². The summed E-state index contributed by atoms with van der Waals surface area (Å²) in [6, 6.07) is 1.96. The van der Waals surface area contributed by atoms with Crippen molar-refractivity contribution < 1.29 is 9.59 Å². The van der Waals surface area contributed by atoms with Crippen LogP contribution in [-0.4, -0.2) is 36.3 Å². The Morgan fingerprint density at radius 3 is 2.85 bits per heavy atom. The fraction of sp³-hybridized carbons (Fsp3) is 0.600. The second kappa shape index (κ2) is 5.95. The van der Waals surface area contributed by atoms with Gasteiger partial charge in [0.05, 0.1) is 10.3 Å². The maximum absolute atomic E-state index is 12.6. The molecular weight excluding hydrogens is 272 g/mol. The average Bonchev–Trinajstić information content (AvgIpc) is 2.84. The van der Waals surface area contributed by atoms with E-state index in [0.29, 0.717) is 13.1 Å². The molecule has 1 fully saturated rings. The van der Waals surface area contributed by atoms with Crippen molar-refractivity contribution in [2.45, 2.75) is 33.6 Å². The molecule has 1 saturated heterocycles. The highest BCUT2D eigenvalue weighted by Crippen LogP contribution is 2.31. The van der Waals surface area contributed by atoms with E-state index in [0.717, 1.165) is 29.8 Å². The molecule has 1 aliphatic heterocycles. The number of thiophene rings is 1. The van der Waals surface area contributed by atoms with Crippen LogP contribution in [0.4, 0.5) is 0 Å². The zero-order valence-electron chi connectivity index (χ0n) is 12.4. The number of nitrogens with zero attached hydrogens (tertiary/aromatic N) is 1. The van der Waals surface area contributed by atoms with E-state index in [-0.39, 0.29) is 11.8 Å². The van der Waals surface area contributed by atoms with Gasteiger partial charge in [-0.25, -0.2) is 0 Å². The first kappa shape index (κ1) is 15.0. The molecule has 1 N–H and O–H groups in total. The van der Waals surface area contributed by atoms with Gasteiger partial charge in [0.15, 0.2) is 0 Å². The van der Waals surface area contributed by atoms with Crippen LogP contribution in [0.1, 0.15) is 41.9 Å². The summed E-state index contributed by atoms with van der Waals surface area (Å²) in [4.78, 5) is 27.4. The Morgan fingerprint density at radius 2 is 2.25 bits per heavy atom. The smallest absolute Gasteiger partial charge is 0.264 e. The second-order valence-corrected chi connectivity index (χ2v) is 6.60. The molecule has 1 aromatic heterocycles. The highest BCUT2D eigenvalue weighted by atomic mass is 32.1. The Balaban J connectivity index is 2.13. The Labute approximate surface area is 124 Å². The van der Waals surface area contributed by atoms with E-state index in [1.54, 1.807) is 0 Å². The number of hydrogen-bond donors (Lipinski definition) is 1. The number of hydrogen-bond acceptors (Lipinski definition) is 3. The molecule has 1 aromatic rings. The van der Waals surface area contributed by atoms with Crippen LogP contribution in [0, 0.1) is 12.3 Å². The minimum atomic E-state index is -0.463. The summed E-state index contributed by atoms with van der Waals surface area (Å²) in [6.45, 7) is 7.71. The normalized spacial score (nSPS) is 22.6. The van der Waals surface area contributed by atoms with Crippen LogP contribution in [0.25, 0.3) is 0 Å². The zero-order valence-corrected chi connectivity index (χ0v) is 13.2. The number of piperidine rings is 1. The summed E-state index contributed by atoms with van der Waals surface area (Å²) >= 11 is 1.48. The van der Waals surface area contributed by atoms with Gasteiger partial charge in [-0.1, -0.05) is 0 Å². The summed E-state index contributed by atoms with van der Waals surface area (Å²) in [5, 5.41) is 4.83. The van der Waals surface area contributed by atoms with E-state index in [2.05, 4.69) is 5.32 Å². The van der Waals surface area contributed by atoms with Crippen LogP contribution in [-0.2, 0) is 4.79 Å². The van der Waals surface area contributed by atoms with Gasteiger partial charge in [0.1, 0.15) is 0 Å². The lowest BCUT2D eigenvalue weighted by Gasteiger charge is -2.39. The monoisotopic (exact) mass is 294 g/mol. The van der Waals surface area contributed by atoms with Crippen LogP contribution >= 0.6 is 11.3 Å². The Kier molecular flexibility index (Phi) is 4.48. The molecule has 0 spiro atoms. The molecule has 5 heteroatoms. The predicted molar refractivity (Wildman–Crippen MR) is 81.0 cm³/mol. The molecule has 1 unspecified atom stereocenters. The van der Waals surface area contributed by atoms with Gasteiger partial charge in [0.2, 0.25) is 5.91 Å². The summed E-state index contributed by atoms with van der Waals surface area (Å²) in [7, 11) is 0. The Morgan fingerprint density at radius 1 is 1.50 bits per heavy atom. The summed E-state index contributed by atoms with van der Waals surface area (Å²) in [5.41, 5.74) is 0.556. The third kappa shape index (κ3) is 2.87. The highest BCUT2D eigenvalue weighted by molar-refractivity contribution is 7.12. The fourth-order valence-electron chi connectivity index (χ4n) is 2.71. The molecule has 110 valence electrons. The summed E-state index contributed by atoms with van der Waals surface area (Å²) < 4.78 is 0. The van der Waals surface area contributed by atoms with Crippen LogP contribution < -0.4 is 5.32 Å². The van der Waals surface area contributed by atoms with Gasteiger partial charge >= 0.3 is 0 Å². The SMILES string of the molecule is CCNC(=O)C1(C)CCCN(C(=O)c2sccc2C)C1. The van der Waals surface area contributed by atoms with Crippen molar-refractivity contribution in [1.82, 2.24) is 10.2 Å². The van der Waals surface area contributed by atoms with E-state index in [4.69, 9.17) is 0 Å². The summed E-state index contributed by atoms with van der Waals surface area (Å²) in [5.74, 6) is 0.119. The Hall–Kier alpha value is -1.36. The first-order valence-electron chi connectivity index (χ1n) is 7.09. The number of likely N-dealkylation sites (tertiary alicyclic amines) is 1. The highest BCUT2D eigenvalue weighted by Gasteiger charge is 2.39. The lowest BCUT2D eigenvalue weighted by molar-refractivity contribution is -0.132. The van der Waals surface area contributed by atoms with Gasteiger partial charge in [0.25, 0.3) is 5.91 Å². The Bertz CT molecular complexity index is 512. The average molecular weight is 294 g/mol. The number of rotatable bonds is 3. The van der Waals surface area contributed by atoms with Crippen LogP contribution in [0.5, 0.6) is 0 Å². The zero-order chi connectivity index (χ0) is 14.8. The van der Waals surface area contributed by atoms with Crippen molar-refractivity contribution in [2.24, 2.45) is 5.41 Å². The first-order chi connectivity index (χ1) is 9.48. The molecular formula is C15H22N2O2S. The van der Waals surface area contributed by atoms with Crippen molar-refractivity contribution in [1.29, 1.82) is 0 Å². The molecule has 1 aliphatic rings. The standard InChI is InChI=1S/C15H22N2O2S/c1-4-16-14(19)15(3)7-5-8-17(10-15)13(18)12-11(2)6-9-20-12/h6,9H,4-5,7-8,10H2,1-3H3,(H,16,19). The minimum Gasteiger partial charge on any atom is -0.356 e. The van der Waals surface area contributed by atoms with Gasteiger partial charge < -0.3 is 10.2 Å². The van der Waals surface area contributed by atoms with Crippen molar-refractivity contribution in [3.05, 3.63) is 21.9 Å². The lowest BCUT2D eigenvalue weighted by Crippen LogP contribution is -2.51. The molecule has 0 aliphatic carbocycles. The fourth-order valence-corrected chi connectivity index (χ4v) is 3.60. The molecule has 1 atom stereocenters. The largest absolute Gasteiger partial charge is 0.356 e. The number of nitrogens with one attached hydrogen (secondary N) is 1.